The van der Waals surface area contributed by atoms with E-state index in [2.05, 4.69) is 55.6 Å². The monoisotopic (exact) mass is 940 g/mol. The molecular formula is C61H113NO5. The summed E-state index contributed by atoms with van der Waals surface area (Å²) in [5.74, 6) is -0.0967. The SMILES string of the molecule is CCCCC/C=C\C/C=C\CCCCCCCC(=O)OCCCCCCCC/C=C\CCCCCCCCCC(=O)NC(CO)C(O)/C=C/CCCCCCCCCCCCCCCCCC. The molecule has 0 saturated heterocycles. The van der Waals surface area contributed by atoms with Gasteiger partial charge in [0.15, 0.2) is 0 Å². The summed E-state index contributed by atoms with van der Waals surface area (Å²) in [6.07, 6.45) is 71.3. The van der Waals surface area contributed by atoms with E-state index >= 15 is 0 Å². The summed E-state index contributed by atoms with van der Waals surface area (Å²) in [5.41, 5.74) is 0. The number of aliphatic hydroxyl groups is 2. The van der Waals surface area contributed by atoms with E-state index in [1.165, 1.54) is 212 Å². The maximum Gasteiger partial charge on any atom is 0.305 e. The summed E-state index contributed by atoms with van der Waals surface area (Å²) in [6.45, 7) is 4.86. The lowest BCUT2D eigenvalue weighted by molar-refractivity contribution is -0.143. The van der Waals surface area contributed by atoms with Crippen LogP contribution in [-0.2, 0) is 14.3 Å². The highest BCUT2D eigenvalue weighted by Gasteiger charge is 2.18. The Labute approximate surface area is 416 Å². The van der Waals surface area contributed by atoms with Gasteiger partial charge in [-0.2, -0.15) is 0 Å². The Morgan fingerprint density at radius 1 is 0.418 bits per heavy atom. The molecule has 67 heavy (non-hydrogen) atoms. The number of amides is 1. The number of ether oxygens (including phenoxy) is 1. The Bertz CT molecular complexity index is 1130. The van der Waals surface area contributed by atoms with Crippen LogP contribution in [0.3, 0.4) is 0 Å². The fourth-order valence-electron chi connectivity index (χ4n) is 8.78. The minimum atomic E-state index is -0.854. The quantitative estimate of drug-likeness (QED) is 0.0321. The van der Waals surface area contributed by atoms with Crippen molar-refractivity contribution in [3.8, 4) is 0 Å². The minimum Gasteiger partial charge on any atom is -0.466 e. The van der Waals surface area contributed by atoms with E-state index in [-0.39, 0.29) is 18.5 Å². The van der Waals surface area contributed by atoms with Crippen LogP contribution in [0.1, 0.15) is 303 Å². The molecule has 2 unspecified atom stereocenters. The highest BCUT2D eigenvalue weighted by molar-refractivity contribution is 5.76. The predicted molar refractivity (Wildman–Crippen MR) is 292 cm³/mol. The van der Waals surface area contributed by atoms with Gasteiger partial charge >= 0.3 is 5.97 Å². The van der Waals surface area contributed by atoms with Crippen LogP contribution in [0.4, 0.5) is 0 Å². The Morgan fingerprint density at radius 2 is 0.746 bits per heavy atom. The van der Waals surface area contributed by atoms with Crippen molar-refractivity contribution in [1.29, 1.82) is 0 Å². The van der Waals surface area contributed by atoms with Gasteiger partial charge in [-0.1, -0.05) is 249 Å². The summed E-state index contributed by atoms with van der Waals surface area (Å²) in [7, 11) is 0. The van der Waals surface area contributed by atoms with Gasteiger partial charge < -0.3 is 20.3 Å². The highest BCUT2D eigenvalue weighted by Crippen LogP contribution is 2.16. The predicted octanol–water partition coefficient (Wildman–Crippen LogP) is 18.2. The number of allylic oxidation sites excluding steroid dienone is 7. The number of carbonyl (C=O) groups is 2. The van der Waals surface area contributed by atoms with E-state index in [0.717, 1.165) is 64.2 Å². The largest absolute Gasteiger partial charge is 0.466 e. The average molecular weight is 941 g/mol. The van der Waals surface area contributed by atoms with E-state index in [1.807, 2.05) is 6.08 Å². The molecule has 2 atom stereocenters. The fourth-order valence-corrected chi connectivity index (χ4v) is 8.78. The van der Waals surface area contributed by atoms with Crippen molar-refractivity contribution in [2.75, 3.05) is 13.2 Å². The van der Waals surface area contributed by atoms with Crippen LogP contribution in [-0.4, -0.2) is 47.4 Å². The molecule has 392 valence electrons. The first-order chi connectivity index (χ1) is 33.0. The second-order valence-corrected chi connectivity index (χ2v) is 20.0. The van der Waals surface area contributed by atoms with Gasteiger partial charge in [0.05, 0.1) is 25.4 Å². The number of unbranched alkanes of at least 4 members (excludes halogenated alkanes) is 37. The smallest absolute Gasteiger partial charge is 0.305 e. The zero-order valence-electron chi connectivity index (χ0n) is 44.6. The van der Waals surface area contributed by atoms with Gasteiger partial charge in [0, 0.05) is 12.8 Å². The van der Waals surface area contributed by atoms with Crippen molar-refractivity contribution in [2.24, 2.45) is 0 Å². The third-order valence-electron chi connectivity index (χ3n) is 13.3. The van der Waals surface area contributed by atoms with Crippen LogP contribution in [0.5, 0.6) is 0 Å². The molecule has 0 bridgehead atoms. The minimum absolute atomic E-state index is 0.0171. The van der Waals surface area contributed by atoms with E-state index in [4.69, 9.17) is 4.74 Å². The van der Waals surface area contributed by atoms with Crippen molar-refractivity contribution < 1.29 is 24.5 Å². The number of hydrogen-bond donors (Lipinski definition) is 3. The summed E-state index contributed by atoms with van der Waals surface area (Å²) in [5, 5.41) is 23.1. The van der Waals surface area contributed by atoms with Gasteiger partial charge in [-0.3, -0.25) is 9.59 Å². The second kappa shape index (κ2) is 56.4. The molecule has 0 aromatic heterocycles. The molecule has 0 spiro atoms. The Hall–Kier alpha value is -2.18. The molecule has 0 heterocycles. The zero-order valence-corrected chi connectivity index (χ0v) is 44.6. The maximum atomic E-state index is 12.5. The van der Waals surface area contributed by atoms with Crippen LogP contribution >= 0.6 is 0 Å². The Morgan fingerprint density at radius 3 is 1.18 bits per heavy atom. The first-order valence-corrected chi connectivity index (χ1v) is 29.4. The molecule has 0 aliphatic rings. The number of aliphatic hydroxyl groups excluding tert-OH is 2. The van der Waals surface area contributed by atoms with Crippen LogP contribution in [0.25, 0.3) is 0 Å². The number of esters is 1. The Kier molecular flexibility index (Phi) is 54.6. The van der Waals surface area contributed by atoms with Crippen LogP contribution in [0, 0.1) is 0 Å². The first kappa shape index (κ1) is 64.8. The van der Waals surface area contributed by atoms with Crippen LogP contribution in [0.2, 0.25) is 0 Å². The number of nitrogens with one attached hydrogen (secondary N) is 1. The van der Waals surface area contributed by atoms with Gasteiger partial charge in [0.2, 0.25) is 5.91 Å². The molecular weight excluding hydrogens is 827 g/mol. The van der Waals surface area contributed by atoms with Gasteiger partial charge in [-0.15, -0.1) is 0 Å². The highest BCUT2D eigenvalue weighted by atomic mass is 16.5. The van der Waals surface area contributed by atoms with Crippen LogP contribution in [0.15, 0.2) is 48.6 Å². The lowest BCUT2D eigenvalue weighted by Gasteiger charge is -2.20. The van der Waals surface area contributed by atoms with E-state index < -0.39 is 12.1 Å². The molecule has 0 aromatic carbocycles. The molecule has 0 fully saturated rings. The summed E-state index contributed by atoms with van der Waals surface area (Å²) in [6, 6.07) is -0.638. The van der Waals surface area contributed by atoms with Crippen molar-refractivity contribution in [3.63, 3.8) is 0 Å². The van der Waals surface area contributed by atoms with E-state index in [9.17, 15) is 19.8 Å². The normalized spacial score (nSPS) is 13.0. The molecule has 6 nitrogen and oxygen atoms in total. The van der Waals surface area contributed by atoms with Crippen molar-refractivity contribution in [3.05, 3.63) is 48.6 Å². The van der Waals surface area contributed by atoms with Crippen LogP contribution < -0.4 is 5.32 Å². The summed E-state index contributed by atoms with van der Waals surface area (Å²) < 4.78 is 5.46. The third kappa shape index (κ3) is 53.0. The van der Waals surface area contributed by atoms with E-state index in [0.29, 0.717) is 19.4 Å². The Balaban J connectivity index is 3.50. The van der Waals surface area contributed by atoms with E-state index in [1.54, 1.807) is 6.08 Å². The maximum absolute atomic E-state index is 12.5. The molecule has 0 rings (SSSR count). The number of rotatable bonds is 54. The van der Waals surface area contributed by atoms with Gasteiger partial charge in [0.1, 0.15) is 0 Å². The summed E-state index contributed by atoms with van der Waals surface area (Å²) >= 11 is 0. The van der Waals surface area contributed by atoms with Gasteiger partial charge in [-0.25, -0.2) is 0 Å². The molecule has 0 aliphatic carbocycles. The molecule has 1 amide bonds. The average Bonchev–Trinajstić information content (AvgIpc) is 3.33. The van der Waals surface area contributed by atoms with Crippen molar-refractivity contribution >= 4 is 11.9 Å². The number of carbonyl (C=O) groups excluding carboxylic acids is 2. The standard InChI is InChI=1S/C61H113NO5/c1-3-5-7-9-11-13-15-17-19-20-22-26-29-33-37-41-45-49-53-59(64)58(57-63)62-60(65)54-50-46-42-38-34-30-27-23-21-24-28-32-36-40-44-48-52-56-67-61(66)55-51-47-43-39-35-31-25-18-16-14-12-10-8-6-4-2/h12,14,18,21,24-25,49,53,58-59,63-64H,3-11,13,15-17,19-20,22-23,26-48,50-52,54-57H2,1-2H3,(H,62,65)/b14-12-,24-21-,25-18-,53-49+. The molecule has 3 N–H and O–H groups in total. The zero-order chi connectivity index (χ0) is 48.6. The van der Waals surface area contributed by atoms with Gasteiger partial charge in [0.25, 0.3) is 0 Å². The molecule has 0 aromatic rings. The number of hydrogen-bond acceptors (Lipinski definition) is 5. The van der Waals surface area contributed by atoms with Gasteiger partial charge in [-0.05, 0) is 89.9 Å². The topological polar surface area (TPSA) is 95.9 Å². The molecule has 6 heteroatoms. The molecule has 0 radical (unpaired) electrons. The van der Waals surface area contributed by atoms with Crippen molar-refractivity contribution in [2.45, 2.75) is 315 Å². The van der Waals surface area contributed by atoms with Crippen molar-refractivity contribution in [1.82, 2.24) is 5.32 Å². The lowest BCUT2D eigenvalue weighted by Crippen LogP contribution is -2.45. The summed E-state index contributed by atoms with van der Waals surface area (Å²) in [4.78, 5) is 24.5. The first-order valence-electron chi connectivity index (χ1n) is 29.4. The second-order valence-electron chi connectivity index (χ2n) is 20.0. The lowest BCUT2D eigenvalue weighted by atomic mass is 10.0. The molecule has 0 saturated carbocycles. The fraction of sp³-hybridized carbons (Fsp3) is 0.836. The molecule has 0 aliphatic heterocycles. The third-order valence-corrected chi connectivity index (χ3v) is 13.3.